The number of aromatic carboxylic acids is 1. The van der Waals surface area contributed by atoms with Gasteiger partial charge >= 0.3 is 5.97 Å². The Hall–Kier alpha value is -1.78. The van der Waals surface area contributed by atoms with Gasteiger partial charge in [-0.05, 0) is 12.1 Å². The Morgan fingerprint density at radius 1 is 1.54 bits per heavy atom. The molecular weight excluding hydrogens is 179 g/mol. The Balaban J connectivity index is 3.31. The molecule has 0 bridgehead atoms. The molecule has 5 heteroatoms. The molecule has 1 aromatic carbocycles. The molecule has 0 saturated carbocycles. The summed E-state index contributed by atoms with van der Waals surface area (Å²) in [7, 11) is 1.24. The first-order valence-corrected chi connectivity index (χ1v) is 3.36. The normalized spacial score (nSPS) is 9.69. The second-order valence-corrected chi connectivity index (χ2v) is 2.28. The van der Waals surface area contributed by atoms with Gasteiger partial charge in [0.1, 0.15) is 0 Å². The monoisotopic (exact) mass is 186 g/mol. The molecule has 0 aliphatic rings. The fourth-order valence-corrected chi connectivity index (χ4v) is 0.877. The molecule has 0 aliphatic carbocycles. The van der Waals surface area contributed by atoms with Gasteiger partial charge < -0.3 is 14.9 Å². The van der Waals surface area contributed by atoms with E-state index in [4.69, 9.17) is 10.2 Å². The predicted molar refractivity (Wildman–Crippen MR) is 41.6 cm³/mol. The summed E-state index contributed by atoms with van der Waals surface area (Å²) in [6, 6.07) is 2.21. The summed E-state index contributed by atoms with van der Waals surface area (Å²) in [5.74, 6) is -3.51. The van der Waals surface area contributed by atoms with Gasteiger partial charge in [-0.2, -0.15) is 0 Å². The van der Waals surface area contributed by atoms with Gasteiger partial charge in [-0.25, -0.2) is 9.18 Å². The van der Waals surface area contributed by atoms with Crippen molar-refractivity contribution in [3.05, 3.63) is 23.5 Å². The van der Waals surface area contributed by atoms with Crippen molar-refractivity contribution in [2.24, 2.45) is 0 Å². The van der Waals surface area contributed by atoms with Crippen molar-refractivity contribution in [1.29, 1.82) is 0 Å². The number of rotatable bonds is 2. The molecule has 0 aromatic heterocycles. The highest BCUT2D eigenvalue weighted by Crippen LogP contribution is 2.30. The van der Waals surface area contributed by atoms with Crippen molar-refractivity contribution in [3.8, 4) is 11.5 Å². The lowest BCUT2D eigenvalue weighted by Crippen LogP contribution is -2.01. The van der Waals surface area contributed by atoms with E-state index in [9.17, 15) is 9.18 Å². The molecule has 0 aliphatic heterocycles. The number of aromatic hydroxyl groups is 1. The Morgan fingerprint density at radius 2 is 2.15 bits per heavy atom. The minimum absolute atomic E-state index is 0.0949. The molecule has 70 valence electrons. The number of phenolic OH excluding ortho intramolecular Hbond substituents is 1. The number of halogens is 1. The van der Waals surface area contributed by atoms with Crippen LogP contribution < -0.4 is 4.74 Å². The van der Waals surface area contributed by atoms with E-state index in [1.54, 1.807) is 0 Å². The molecule has 0 fully saturated rings. The van der Waals surface area contributed by atoms with Crippen LogP contribution in [0.25, 0.3) is 0 Å². The molecule has 1 aromatic rings. The second kappa shape index (κ2) is 3.30. The number of carboxylic acid groups (broad SMARTS) is 1. The number of phenols is 1. The van der Waals surface area contributed by atoms with E-state index in [0.717, 1.165) is 6.07 Å². The second-order valence-electron chi connectivity index (χ2n) is 2.28. The third-order valence-electron chi connectivity index (χ3n) is 1.53. The quantitative estimate of drug-likeness (QED) is 0.729. The van der Waals surface area contributed by atoms with Crippen molar-refractivity contribution in [3.63, 3.8) is 0 Å². The van der Waals surface area contributed by atoms with Crippen LogP contribution in [-0.2, 0) is 0 Å². The highest BCUT2D eigenvalue weighted by Gasteiger charge is 2.17. The number of carbonyl (C=O) groups is 1. The summed E-state index contributed by atoms with van der Waals surface area (Å²) in [5.41, 5.74) is -0.585. The Bertz CT molecular complexity index is 348. The van der Waals surface area contributed by atoms with Crippen molar-refractivity contribution < 1.29 is 24.1 Å². The standard InChI is InChI=1S/C8H7FO4/c1-13-5-3-2-4(8(11)12)6(9)7(5)10/h2-3,10H,1H3,(H,11,12). The zero-order valence-electron chi connectivity index (χ0n) is 6.74. The third-order valence-corrected chi connectivity index (χ3v) is 1.53. The summed E-state index contributed by atoms with van der Waals surface area (Å²) in [6.07, 6.45) is 0. The number of benzene rings is 1. The number of methoxy groups -OCH3 is 1. The lowest BCUT2D eigenvalue weighted by atomic mass is 10.2. The highest BCUT2D eigenvalue weighted by molar-refractivity contribution is 5.88. The highest BCUT2D eigenvalue weighted by atomic mass is 19.1. The summed E-state index contributed by atoms with van der Waals surface area (Å²) in [5, 5.41) is 17.5. The van der Waals surface area contributed by atoms with Crippen LogP contribution in [-0.4, -0.2) is 23.3 Å². The lowest BCUT2D eigenvalue weighted by molar-refractivity contribution is 0.0691. The van der Waals surface area contributed by atoms with Crippen LogP contribution in [0.1, 0.15) is 10.4 Å². The van der Waals surface area contributed by atoms with Gasteiger partial charge in [-0.15, -0.1) is 0 Å². The minimum atomic E-state index is -1.43. The molecule has 4 nitrogen and oxygen atoms in total. The number of hydrogen-bond acceptors (Lipinski definition) is 3. The van der Waals surface area contributed by atoms with Crippen LogP contribution in [0.15, 0.2) is 12.1 Å². The van der Waals surface area contributed by atoms with Crippen LogP contribution in [0.3, 0.4) is 0 Å². The summed E-state index contributed by atoms with van der Waals surface area (Å²) >= 11 is 0. The van der Waals surface area contributed by atoms with E-state index in [2.05, 4.69) is 4.74 Å². The largest absolute Gasteiger partial charge is 0.502 e. The van der Waals surface area contributed by atoms with Crippen LogP contribution in [0.2, 0.25) is 0 Å². The fraction of sp³-hybridized carbons (Fsp3) is 0.125. The average molecular weight is 186 g/mol. The number of ether oxygens (including phenoxy) is 1. The molecule has 0 radical (unpaired) electrons. The van der Waals surface area contributed by atoms with Crippen LogP contribution in [0.4, 0.5) is 4.39 Å². The summed E-state index contributed by atoms with van der Waals surface area (Å²) in [4.78, 5) is 10.4. The molecule has 0 atom stereocenters. The first kappa shape index (κ1) is 9.31. The van der Waals surface area contributed by atoms with Crippen LogP contribution in [0, 0.1) is 5.82 Å². The maximum Gasteiger partial charge on any atom is 0.338 e. The maximum atomic E-state index is 13.0. The Labute approximate surface area is 73.2 Å². The molecule has 13 heavy (non-hydrogen) atoms. The molecular formula is C8H7FO4. The van der Waals surface area contributed by atoms with Crippen molar-refractivity contribution in [2.45, 2.75) is 0 Å². The topological polar surface area (TPSA) is 66.8 Å². The minimum Gasteiger partial charge on any atom is -0.502 e. The Kier molecular flexibility index (Phi) is 2.36. The van der Waals surface area contributed by atoms with Gasteiger partial charge in [-0.1, -0.05) is 0 Å². The third kappa shape index (κ3) is 1.53. The molecule has 0 heterocycles. The van der Waals surface area contributed by atoms with Gasteiger partial charge in [-0.3, -0.25) is 0 Å². The SMILES string of the molecule is COc1ccc(C(=O)O)c(F)c1O. The van der Waals surface area contributed by atoms with E-state index in [1.807, 2.05) is 0 Å². The van der Waals surface area contributed by atoms with Crippen molar-refractivity contribution >= 4 is 5.97 Å². The van der Waals surface area contributed by atoms with E-state index in [1.165, 1.54) is 13.2 Å². The molecule has 0 amide bonds. The van der Waals surface area contributed by atoms with Gasteiger partial charge in [0.25, 0.3) is 0 Å². The Morgan fingerprint density at radius 3 is 2.62 bits per heavy atom. The summed E-state index contributed by atoms with van der Waals surface area (Å²) in [6.45, 7) is 0. The molecule has 0 spiro atoms. The number of carboxylic acids is 1. The fourth-order valence-electron chi connectivity index (χ4n) is 0.877. The van der Waals surface area contributed by atoms with E-state index < -0.39 is 23.1 Å². The van der Waals surface area contributed by atoms with Crippen LogP contribution in [0.5, 0.6) is 11.5 Å². The van der Waals surface area contributed by atoms with Crippen LogP contribution >= 0.6 is 0 Å². The number of hydrogen-bond donors (Lipinski definition) is 2. The lowest BCUT2D eigenvalue weighted by Gasteiger charge is -2.05. The van der Waals surface area contributed by atoms with E-state index in [-0.39, 0.29) is 5.75 Å². The zero-order chi connectivity index (χ0) is 10.0. The van der Waals surface area contributed by atoms with Gasteiger partial charge in [0, 0.05) is 0 Å². The smallest absolute Gasteiger partial charge is 0.338 e. The van der Waals surface area contributed by atoms with E-state index >= 15 is 0 Å². The maximum absolute atomic E-state index is 13.0. The summed E-state index contributed by atoms with van der Waals surface area (Å²) < 4.78 is 17.6. The first-order valence-electron chi connectivity index (χ1n) is 3.36. The van der Waals surface area contributed by atoms with Gasteiger partial charge in [0.05, 0.1) is 12.7 Å². The molecule has 1 rings (SSSR count). The van der Waals surface area contributed by atoms with Crippen molar-refractivity contribution in [1.82, 2.24) is 0 Å². The molecule has 0 unspecified atom stereocenters. The predicted octanol–water partition coefficient (Wildman–Crippen LogP) is 1.24. The van der Waals surface area contributed by atoms with E-state index in [0.29, 0.717) is 0 Å². The average Bonchev–Trinajstić information content (AvgIpc) is 2.09. The molecule has 0 saturated heterocycles. The van der Waals surface area contributed by atoms with Crippen molar-refractivity contribution in [2.75, 3.05) is 7.11 Å². The first-order chi connectivity index (χ1) is 6.07. The zero-order valence-corrected chi connectivity index (χ0v) is 6.74. The molecule has 2 N–H and O–H groups in total. The van der Waals surface area contributed by atoms with Gasteiger partial charge in [0.2, 0.25) is 0 Å². The van der Waals surface area contributed by atoms with Gasteiger partial charge in [0.15, 0.2) is 17.3 Å².